The van der Waals surface area contributed by atoms with Crippen molar-refractivity contribution in [3.05, 3.63) is 28.2 Å². The monoisotopic (exact) mass is 420 g/mol. The zero-order chi connectivity index (χ0) is 17.2. The second-order valence-corrected chi connectivity index (χ2v) is 9.37. The van der Waals surface area contributed by atoms with Crippen LogP contribution >= 0.6 is 27.7 Å². The van der Waals surface area contributed by atoms with Gasteiger partial charge in [-0.1, -0.05) is 13.0 Å². The summed E-state index contributed by atoms with van der Waals surface area (Å²) in [5.41, 5.74) is 0.970. The molecule has 2 rings (SSSR count). The van der Waals surface area contributed by atoms with Gasteiger partial charge in [-0.3, -0.25) is 4.79 Å². The minimum Gasteiger partial charge on any atom is -0.352 e. The van der Waals surface area contributed by atoms with Crippen LogP contribution in [0.5, 0.6) is 0 Å². The van der Waals surface area contributed by atoms with Gasteiger partial charge in [0, 0.05) is 16.3 Å². The van der Waals surface area contributed by atoms with Gasteiger partial charge >= 0.3 is 0 Å². The maximum atomic E-state index is 12.9. The van der Waals surface area contributed by atoms with Crippen LogP contribution in [0.2, 0.25) is 0 Å². The van der Waals surface area contributed by atoms with Crippen LogP contribution < -0.4 is 5.32 Å². The number of thioether (sulfide) groups is 1. The number of rotatable bonds is 5. The zero-order valence-corrected chi connectivity index (χ0v) is 16.6. The number of benzene rings is 1. The van der Waals surface area contributed by atoms with Crippen LogP contribution in [0.3, 0.4) is 0 Å². The summed E-state index contributed by atoms with van der Waals surface area (Å²) in [5.74, 6) is 0.544. The molecule has 128 valence electrons. The molecule has 2 unspecified atom stereocenters. The fraction of sp³-hybridized carbons (Fsp3) is 0.533. The Morgan fingerprint density at radius 2 is 2.22 bits per heavy atom. The number of sulfonamides is 1. The molecule has 1 aromatic carbocycles. The van der Waals surface area contributed by atoms with E-state index in [9.17, 15) is 13.2 Å². The van der Waals surface area contributed by atoms with Crippen molar-refractivity contribution in [1.29, 1.82) is 0 Å². The largest absolute Gasteiger partial charge is 0.352 e. The van der Waals surface area contributed by atoms with E-state index in [0.29, 0.717) is 16.1 Å². The van der Waals surface area contributed by atoms with E-state index in [1.165, 1.54) is 16.1 Å². The van der Waals surface area contributed by atoms with Gasteiger partial charge in [0.1, 0.15) is 6.04 Å². The van der Waals surface area contributed by atoms with E-state index in [-0.39, 0.29) is 16.8 Å². The van der Waals surface area contributed by atoms with Gasteiger partial charge in [0.2, 0.25) is 15.9 Å². The van der Waals surface area contributed by atoms with Crippen LogP contribution in [0, 0.1) is 6.92 Å². The third-order valence-corrected chi connectivity index (χ3v) is 7.83. The van der Waals surface area contributed by atoms with Gasteiger partial charge in [0.05, 0.1) is 10.8 Å². The molecule has 1 aliphatic heterocycles. The first kappa shape index (κ1) is 18.8. The molecule has 1 heterocycles. The molecule has 0 spiro atoms. The summed E-state index contributed by atoms with van der Waals surface area (Å²) in [5, 5.41) is 2.88. The van der Waals surface area contributed by atoms with Crippen LogP contribution in [0.25, 0.3) is 0 Å². The van der Waals surface area contributed by atoms with Crippen LogP contribution in [-0.2, 0) is 14.8 Å². The topological polar surface area (TPSA) is 66.5 Å². The molecule has 0 saturated carbocycles. The highest BCUT2D eigenvalue weighted by molar-refractivity contribution is 9.10. The van der Waals surface area contributed by atoms with Crippen molar-refractivity contribution in [2.45, 2.75) is 44.2 Å². The van der Waals surface area contributed by atoms with Gasteiger partial charge in [0.15, 0.2) is 0 Å². The number of hydrogen-bond acceptors (Lipinski definition) is 4. The Balaban J connectivity index is 2.29. The minimum absolute atomic E-state index is 0.0313. The summed E-state index contributed by atoms with van der Waals surface area (Å²) in [6.07, 6.45) is 0.807. The van der Waals surface area contributed by atoms with Gasteiger partial charge in [-0.25, -0.2) is 8.42 Å². The molecular formula is C15H21BrN2O3S2. The molecule has 0 aliphatic carbocycles. The molecule has 2 atom stereocenters. The standard InChI is InChI=1S/C15H21BrN2O3S2/c1-4-11(3)17-15(19)13-8-22-9-18(13)23(20,21)14-6-5-10(2)7-12(14)16/h5-7,11,13H,4,8-9H2,1-3H3,(H,17,19). The lowest BCUT2D eigenvalue weighted by Gasteiger charge is -2.24. The van der Waals surface area contributed by atoms with E-state index in [0.717, 1.165) is 12.0 Å². The van der Waals surface area contributed by atoms with Gasteiger partial charge in [-0.15, -0.1) is 11.8 Å². The van der Waals surface area contributed by atoms with Crippen molar-refractivity contribution < 1.29 is 13.2 Å². The molecule has 1 aliphatic rings. The molecule has 1 N–H and O–H groups in total. The van der Waals surface area contributed by atoms with E-state index in [2.05, 4.69) is 21.2 Å². The Kier molecular flexibility index (Phi) is 6.16. The number of hydrogen-bond donors (Lipinski definition) is 1. The molecule has 1 fully saturated rings. The highest BCUT2D eigenvalue weighted by Crippen LogP contribution is 2.32. The highest BCUT2D eigenvalue weighted by Gasteiger charge is 2.40. The molecular weight excluding hydrogens is 400 g/mol. The number of carbonyl (C=O) groups excluding carboxylic acids is 1. The molecule has 0 aromatic heterocycles. The maximum Gasteiger partial charge on any atom is 0.245 e. The third-order valence-electron chi connectivity index (χ3n) is 3.82. The average molecular weight is 421 g/mol. The third kappa shape index (κ3) is 4.10. The SMILES string of the molecule is CCC(C)NC(=O)C1CSCN1S(=O)(=O)c1ccc(C)cc1Br. The first-order valence-corrected chi connectivity index (χ1v) is 10.8. The maximum absolute atomic E-state index is 12.9. The molecule has 1 amide bonds. The van der Waals surface area contributed by atoms with Crippen LogP contribution in [0.4, 0.5) is 0 Å². The Morgan fingerprint density at radius 3 is 2.83 bits per heavy atom. The van der Waals surface area contributed by atoms with Gasteiger partial charge in [-0.05, 0) is 53.9 Å². The summed E-state index contributed by atoms with van der Waals surface area (Å²) in [4.78, 5) is 12.6. The minimum atomic E-state index is -3.72. The first-order valence-electron chi connectivity index (χ1n) is 7.43. The van der Waals surface area contributed by atoms with Crippen LogP contribution in [0.1, 0.15) is 25.8 Å². The van der Waals surface area contributed by atoms with E-state index >= 15 is 0 Å². The smallest absolute Gasteiger partial charge is 0.245 e. The Bertz CT molecular complexity index is 694. The van der Waals surface area contributed by atoms with Gasteiger partial charge < -0.3 is 5.32 Å². The quantitative estimate of drug-likeness (QED) is 0.794. The lowest BCUT2D eigenvalue weighted by atomic mass is 10.2. The summed E-state index contributed by atoms with van der Waals surface area (Å²) in [6.45, 7) is 5.79. The Hall–Kier alpha value is -0.570. The highest BCUT2D eigenvalue weighted by atomic mass is 79.9. The average Bonchev–Trinajstić information content (AvgIpc) is 2.96. The predicted molar refractivity (Wildman–Crippen MR) is 96.9 cm³/mol. The number of carbonyl (C=O) groups is 1. The number of aryl methyl sites for hydroxylation is 1. The predicted octanol–water partition coefficient (Wildman–Crippen LogP) is 2.74. The van der Waals surface area contributed by atoms with Crippen molar-refractivity contribution >= 4 is 43.6 Å². The number of nitrogens with one attached hydrogen (secondary N) is 1. The first-order chi connectivity index (χ1) is 10.8. The van der Waals surface area contributed by atoms with Crippen LogP contribution in [-0.4, -0.2) is 42.3 Å². The Morgan fingerprint density at radius 1 is 1.52 bits per heavy atom. The van der Waals surface area contributed by atoms with Crippen molar-refractivity contribution in [3.8, 4) is 0 Å². The van der Waals surface area contributed by atoms with E-state index in [1.807, 2.05) is 20.8 Å². The normalized spacial score (nSPS) is 20.4. The van der Waals surface area contributed by atoms with Crippen molar-refractivity contribution in [3.63, 3.8) is 0 Å². The molecule has 0 bridgehead atoms. The molecule has 1 aromatic rings. The number of halogens is 1. The fourth-order valence-electron chi connectivity index (χ4n) is 2.25. The lowest BCUT2D eigenvalue weighted by Crippen LogP contribution is -2.49. The molecule has 8 heteroatoms. The van der Waals surface area contributed by atoms with Gasteiger partial charge in [0.25, 0.3) is 0 Å². The van der Waals surface area contributed by atoms with E-state index in [1.54, 1.807) is 18.2 Å². The van der Waals surface area contributed by atoms with Crippen molar-refractivity contribution in [2.75, 3.05) is 11.6 Å². The van der Waals surface area contributed by atoms with Crippen LogP contribution in [0.15, 0.2) is 27.6 Å². The fourth-order valence-corrected chi connectivity index (χ4v) is 6.56. The van der Waals surface area contributed by atoms with Crippen molar-refractivity contribution in [2.24, 2.45) is 0 Å². The lowest BCUT2D eigenvalue weighted by molar-refractivity contribution is -0.124. The van der Waals surface area contributed by atoms with E-state index in [4.69, 9.17) is 0 Å². The van der Waals surface area contributed by atoms with Gasteiger partial charge in [-0.2, -0.15) is 4.31 Å². The number of nitrogens with zero attached hydrogens (tertiary/aromatic N) is 1. The number of amides is 1. The second-order valence-electron chi connectivity index (χ2n) is 5.66. The van der Waals surface area contributed by atoms with Crippen molar-refractivity contribution in [1.82, 2.24) is 9.62 Å². The molecule has 5 nitrogen and oxygen atoms in total. The second kappa shape index (κ2) is 7.55. The summed E-state index contributed by atoms with van der Waals surface area (Å²) in [7, 11) is -3.72. The molecule has 0 radical (unpaired) electrons. The summed E-state index contributed by atoms with van der Waals surface area (Å²) in [6, 6.07) is 4.48. The summed E-state index contributed by atoms with van der Waals surface area (Å²) >= 11 is 4.78. The summed E-state index contributed by atoms with van der Waals surface area (Å²) < 4.78 is 27.7. The molecule has 1 saturated heterocycles. The zero-order valence-electron chi connectivity index (χ0n) is 13.4. The van der Waals surface area contributed by atoms with E-state index < -0.39 is 16.1 Å². The molecule has 23 heavy (non-hydrogen) atoms. The Labute approximate surface area is 150 Å².